The molecule has 2 aromatic carbocycles. The first kappa shape index (κ1) is 24.6. The fourth-order valence-corrected chi connectivity index (χ4v) is 5.89. The van der Waals surface area contributed by atoms with Crippen molar-refractivity contribution in [1.82, 2.24) is 4.90 Å². The number of thioether (sulfide) groups is 1. The SMILES string of the molecule is CC(C)N=C1S/C(=C/c2cc(Br)c(OCc3ccc(Br)cc3)c(Br)c2)C(=O)N1C(C)C. The lowest BCUT2D eigenvalue weighted by atomic mass is 10.2. The quantitative estimate of drug-likeness (QED) is 0.308. The third-order valence-corrected chi connectivity index (χ3v) is 7.04. The largest absolute Gasteiger partial charge is 0.487 e. The number of hydrogen-bond donors (Lipinski definition) is 0. The van der Waals surface area contributed by atoms with Crippen molar-refractivity contribution in [2.24, 2.45) is 4.99 Å². The number of ether oxygens (including phenoxy) is 1. The second-order valence-electron chi connectivity index (χ2n) is 7.61. The van der Waals surface area contributed by atoms with Gasteiger partial charge in [-0.05, 0) is 113 Å². The molecule has 0 unspecified atom stereocenters. The fourth-order valence-electron chi connectivity index (χ4n) is 2.94. The van der Waals surface area contributed by atoms with Gasteiger partial charge in [0.15, 0.2) is 5.17 Å². The minimum atomic E-state index is -0.0118. The zero-order valence-corrected chi connectivity index (χ0v) is 23.2. The second-order valence-corrected chi connectivity index (χ2v) is 11.2. The Hall–Kier alpha value is -1.09. The molecule has 0 spiro atoms. The Morgan fingerprint density at radius 3 is 2.23 bits per heavy atom. The topological polar surface area (TPSA) is 41.9 Å². The Labute approximate surface area is 212 Å². The van der Waals surface area contributed by atoms with Crippen molar-refractivity contribution in [2.45, 2.75) is 46.4 Å². The van der Waals surface area contributed by atoms with Gasteiger partial charge >= 0.3 is 0 Å². The van der Waals surface area contributed by atoms with E-state index in [0.717, 1.165) is 35.5 Å². The zero-order chi connectivity index (χ0) is 22.7. The number of hydrogen-bond acceptors (Lipinski definition) is 4. The standard InChI is InChI=1S/C23H23Br3N2O2S/c1-13(2)27-23-28(14(3)4)22(29)20(31-23)11-16-9-18(25)21(19(26)10-16)30-12-15-5-7-17(24)8-6-15/h5-11,13-14H,12H2,1-4H3/b20-11+,27-23?. The minimum absolute atomic E-state index is 0.0118. The molecular weight excluding hydrogens is 608 g/mol. The number of nitrogens with zero attached hydrogens (tertiary/aromatic N) is 2. The zero-order valence-electron chi connectivity index (χ0n) is 17.7. The molecule has 1 fully saturated rings. The highest BCUT2D eigenvalue weighted by Gasteiger charge is 2.35. The van der Waals surface area contributed by atoms with Crippen LogP contribution < -0.4 is 4.74 Å². The molecule has 0 bridgehead atoms. The molecule has 0 aromatic heterocycles. The maximum atomic E-state index is 13.0. The first-order chi connectivity index (χ1) is 14.7. The van der Waals surface area contributed by atoms with Gasteiger partial charge < -0.3 is 4.74 Å². The van der Waals surface area contributed by atoms with Gasteiger partial charge in [-0.3, -0.25) is 14.7 Å². The van der Waals surface area contributed by atoms with E-state index in [9.17, 15) is 4.79 Å². The summed E-state index contributed by atoms with van der Waals surface area (Å²) in [5.74, 6) is 0.712. The number of carbonyl (C=O) groups is 1. The molecule has 0 aliphatic carbocycles. The summed E-state index contributed by atoms with van der Waals surface area (Å²) in [5.41, 5.74) is 1.98. The molecule has 1 aliphatic rings. The Morgan fingerprint density at radius 2 is 1.68 bits per heavy atom. The van der Waals surface area contributed by atoms with Gasteiger partial charge in [0, 0.05) is 16.6 Å². The first-order valence-corrected chi connectivity index (χ1v) is 13.0. The number of rotatable bonds is 6. The molecule has 1 aliphatic heterocycles. The van der Waals surface area contributed by atoms with Crippen molar-refractivity contribution in [3.63, 3.8) is 0 Å². The third-order valence-electron chi connectivity index (χ3n) is 4.34. The Balaban J connectivity index is 1.83. The summed E-state index contributed by atoms with van der Waals surface area (Å²) in [7, 11) is 0. The molecular formula is C23H23Br3N2O2S. The molecule has 0 N–H and O–H groups in total. The number of halogens is 3. The Kier molecular flexibility index (Phi) is 8.46. The van der Waals surface area contributed by atoms with Crippen molar-refractivity contribution < 1.29 is 9.53 Å². The summed E-state index contributed by atoms with van der Waals surface area (Å²) in [4.78, 5) is 20.0. The fraction of sp³-hybridized carbons (Fsp3) is 0.304. The third kappa shape index (κ3) is 6.24. The number of aliphatic imine (C=N–C) groups is 1. The van der Waals surface area contributed by atoms with Gasteiger partial charge in [0.25, 0.3) is 5.91 Å². The van der Waals surface area contributed by atoms with E-state index in [1.54, 1.807) is 4.90 Å². The van der Waals surface area contributed by atoms with Crippen molar-refractivity contribution in [2.75, 3.05) is 0 Å². The molecule has 8 heteroatoms. The van der Waals surface area contributed by atoms with Crippen LogP contribution in [0.2, 0.25) is 0 Å². The van der Waals surface area contributed by atoms with Crippen LogP contribution in [0.25, 0.3) is 6.08 Å². The van der Waals surface area contributed by atoms with Crippen molar-refractivity contribution >= 4 is 76.7 Å². The highest BCUT2D eigenvalue weighted by atomic mass is 79.9. The lowest BCUT2D eigenvalue weighted by Gasteiger charge is -2.20. The molecule has 3 rings (SSSR count). The number of amides is 1. The van der Waals surface area contributed by atoms with Crippen LogP contribution in [-0.4, -0.2) is 28.1 Å². The summed E-state index contributed by atoms with van der Waals surface area (Å²) < 4.78 is 8.69. The van der Waals surface area contributed by atoms with E-state index in [4.69, 9.17) is 4.74 Å². The van der Waals surface area contributed by atoms with Crippen LogP contribution in [0.4, 0.5) is 0 Å². The van der Waals surface area contributed by atoms with Crippen LogP contribution in [0.15, 0.2) is 59.7 Å². The molecule has 0 atom stereocenters. The predicted molar refractivity (Wildman–Crippen MR) is 140 cm³/mol. The Morgan fingerprint density at radius 1 is 1.06 bits per heavy atom. The monoisotopic (exact) mass is 628 g/mol. The van der Waals surface area contributed by atoms with Crippen LogP contribution in [0.5, 0.6) is 5.75 Å². The maximum Gasteiger partial charge on any atom is 0.266 e. The summed E-state index contributed by atoms with van der Waals surface area (Å²) in [5, 5.41) is 0.758. The van der Waals surface area contributed by atoms with Crippen molar-refractivity contribution in [1.29, 1.82) is 0 Å². The van der Waals surface area contributed by atoms with E-state index in [0.29, 0.717) is 11.5 Å². The average Bonchev–Trinajstić information content (AvgIpc) is 2.96. The lowest BCUT2D eigenvalue weighted by molar-refractivity contribution is -0.123. The maximum absolute atomic E-state index is 13.0. The highest BCUT2D eigenvalue weighted by Crippen LogP contribution is 2.38. The average molecular weight is 631 g/mol. The van der Waals surface area contributed by atoms with Crippen molar-refractivity contribution in [3.05, 3.63) is 65.8 Å². The normalized spacial score (nSPS) is 16.9. The van der Waals surface area contributed by atoms with Gasteiger partial charge in [0.2, 0.25) is 0 Å². The second kappa shape index (κ2) is 10.7. The van der Waals surface area contributed by atoms with Gasteiger partial charge in [-0.15, -0.1) is 0 Å². The summed E-state index contributed by atoms with van der Waals surface area (Å²) in [6, 6.07) is 12.1. The van der Waals surface area contributed by atoms with Crippen LogP contribution in [0, 0.1) is 0 Å². The Bertz CT molecular complexity index is 1010. The first-order valence-electron chi connectivity index (χ1n) is 9.83. The summed E-state index contributed by atoms with van der Waals surface area (Å²) in [6.07, 6.45) is 1.90. The van der Waals surface area contributed by atoms with E-state index >= 15 is 0 Å². The summed E-state index contributed by atoms with van der Waals surface area (Å²) in [6.45, 7) is 8.49. The van der Waals surface area contributed by atoms with Gasteiger partial charge in [0.05, 0.1) is 13.9 Å². The van der Waals surface area contributed by atoms with Crippen LogP contribution >= 0.6 is 59.6 Å². The highest BCUT2D eigenvalue weighted by molar-refractivity contribution is 9.11. The summed E-state index contributed by atoms with van der Waals surface area (Å²) >= 11 is 12.1. The predicted octanol–water partition coefficient (Wildman–Crippen LogP) is 7.64. The van der Waals surface area contributed by atoms with E-state index in [-0.39, 0.29) is 18.0 Å². The van der Waals surface area contributed by atoms with Crippen LogP contribution in [-0.2, 0) is 11.4 Å². The molecule has 1 amide bonds. The van der Waals surface area contributed by atoms with Gasteiger partial charge in [0.1, 0.15) is 12.4 Å². The van der Waals surface area contributed by atoms with Gasteiger partial charge in [-0.2, -0.15) is 0 Å². The molecule has 0 radical (unpaired) electrons. The lowest BCUT2D eigenvalue weighted by Crippen LogP contribution is -2.35. The van der Waals surface area contributed by atoms with Crippen molar-refractivity contribution in [3.8, 4) is 5.75 Å². The molecule has 164 valence electrons. The number of carbonyl (C=O) groups excluding carboxylic acids is 1. The number of benzene rings is 2. The van der Waals surface area contributed by atoms with Gasteiger partial charge in [-0.25, -0.2) is 0 Å². The number of amidine groups is 1. The van der Waals surface area contributed by atoms with Crippen LogP contribution in [0.1, 0.15) is 38.8 Å². The molecule has 0 saturated carbocycles. The molecule has 1 saturated heterocycles. The molecule has 2 aromatic rings. The van der Waals surface area contributed by atoms with E-state index in [1.165, 1.54) is 11.8 Å². The molecule has 4 nitrogen and oxygen atoms in total. The van der Waals surface area contributed by atoms with E-state index in [1.807, 2.05) is 70.2 Å². The van der Waals surface area contributed by atoms with E-state index in [2.05, 4.69) is 52.8 Å². The van der Waals surface area contributed by atoms with Crippen LogP contribution in [0.3, 0.4) is 0 Å². The molecule has 1 heterocycles. The smallest absolute Gasteiger partial charge is 0.266 e. The molecule has 31 heavy (non-hydrogen) atoms. The van der Waals surface area contributed by atoms with Gasteiger partial charge in [-0.1, -0.05) is 28.1 Å². The minimum Gasteiger partial charge on any atom is -0.487 e. The van der Waals surface area contributed by atoms with E-state index < -0.39 is 0 Å².